The zero-order valence-electron chi connectivity index (χ0n) is 15.2. The van der Waals surface area contributed by atoms with Crippen molar-refractivity contribution in [3.05, 3.63) is 30.3 Å². The van der Waals surface area contributed by atoms with Crippen LogP contribution in [0.4, 0.5) is 0 Å². The zero-order valence-corrected chi connectivity index (χ0v) is 18.4. The number of likely N-dealkylation sites (tertiary alicyclic amines) is 1. The fourth-order valence-corrected chi connectivity index (χ4v) is 4.45. The largest absolute Gasteiger partial charge is 0.381 e. The topological polar surface area (TPSA) is 36.9 Å². The molecule has 25 heavy (non-hydrogen) atoms. The molecule has 0 amide bonds. The minimum absolute atomic E-state index is 0. The Morgan fingerprint density at radius 1 is 1.36 bits per heavy atom. The Morgan fingerprint density at radius 3 is 2.76 bits per heavy atom. The lowest BCUT2D eigenvalue weighted by Gasteiger charge is -2.24. The van der Waals surface area contributed by atoms with Gasteiger partial charge in [0.25, 0.3) is 0 Å². The number of benzene rings is 1. The third kappa shape index (κ3) is 6.03. The molecule has 2 aliphatic rings. The Labute approximate surface area is 173 Å². The Hall–Kier alpha value is -0.470. The van der Waals surface area contributed by atoms with E-state index >= 15 is 0 Å². The molecule has 1 unspecified atom stereocenters. The molecule has 1 aromatic carbocycles. The highest BCUT2D eigenvalue weighted by molar-refractivity contribution is 14.0. The first kappa shape index (κ1) is 20.8. The van der Waals surface area contributed by atoms with Crippen LogP contribution in [0.1, 0.15) is 26.2 Å². The second kappa shape index (κ2) is 10.0. The van der Waals surface area contributed by atoms with Crippen LogP contribution in [0.3, 0.4) is 0 Å². The van der Waals surface area contributed by atoms with E-state index in [1.165, 1.54) is 24.2 Å². The van der Waals surface area contributed by atoms with Gasteiger partial charge in [0.2, 0.25) is 0 Å². The van der Waals surface area contributed by atoms with Crippen LogP contribution in [0.2, 0.25) is 0 Å². The average Bonchev–Trinajstić information content (AvgIpc) is 3.20. The van der Waals surface area contributed by atoms with Crippen molar-refractivity contribution in [2.45, 2.75) is 35.8 Å². The van der Waals surface area contributed by atoms with E-state index < -0.39 is 0 Å². The van der Waals surface area contributed by atoms with Crippen LogP contribution in [0.15, 0.2) is 40.2 Å². The number of ether oxygens (including phenoxy) is 1. The SMILES string of the molecule is CCOCC1CCN(C(=NC)NCC2(Sc3ccccc3)CC2)C1.I. The van der Waals surface area contributed by atoms with E-state index in [2.05, 4.69) is 52.5 Å². The summed E-state index contributed by atoms with van der Waals surface area (Å²) in [5, 5.41) is 3.63. The van der Waals surface area contributed by atoms with Gasteiger partial charge in [-0.1, -0.05) is 18.2 Å². The molecule has 140 valence electrons. The molecule has 1 heterocycles. The van der Waals surface area contributed by atoms with Crippen molar-refractivity contribution in [2.24, 2.45) is 10.9 Å². The predicted octanol–water partition coefficient (Wildman–Crippen LogP) is 3.86. The molecule has 1 N–H and O–H groups in total. The average molecular weight is 475 g/mol. The molecule has 4 nitrogen and oxygen atoms in total. The Kier molecular flexibility index (Phi) is 8.35. The molecular formula is C19H30IN3OS. The summed E-state index contributed by atoms with van der Waals surface area (Å²) in [7, 11) is 1.89. The molecular weight excluding hydrogens is 445 g/mol. The van der Waals surface area contributed by atoms with Gasteiger partial charge >= 0.3 is 0 Å². The normalized spacial score (nSPS) is 21.8. The Balaban J connectivity index is 0.00000225. The quantitative estimate of drug-likeness (QED) is 0.369. The van der Waals surface area contributed by atoms with Gasteiger partial charge in [-0.2, -0.15) is 0 Å². The van der Waals surface area contributed by atoms with Gasteiger partial charge in [0.1, 0.15) is 0 Å². The predicted molar refractivity (Wildman–Crippen MR) is 117 cm³/mol. The van der Waals surface area contributed by atoms with Crippen molar-refractivity contribution >= 4 is 41.7 Å². The van der Waals surface area contributed by atoms with Gasteiger partial charge in [-0.15, -0.1) is 35.7 Å². The van der Waals surface area contributed by atoms with Crippen LogP contribution >= 0.6 is 35.7 Å². The number of hydrogen-bond donors (Lipinski definition) is 1. The van der Waals surface area contributed by atoms with E-state index in [1.54, 1.807) is 0 Å². The first-order valence-electron chi connectivity index (χ1n) is 9.02. The highest BCUT2D eigenvalue weighted by atomic mass is 127. The van der Waals surface area contributed by atoms with Crippen LogP contribution in [0.5, 0.6) is 0 Å². The second-order valence-corrected chi connectivity index (χ2v) is 8.30. The molecule has 0 bridgehead atoms. The lowest BCUT2D eigenvalue weighted by molar-refractivity contribution is 0.114. The van der Waals surface area contributed by atoms with Crippen LogP contribution in [-0.2, 0) is 4.74 Å². The Bertz CT molecular complexity index is 551. The summed E-state index contributed by atoms with van der Waals surface area (Å²) < 4.78 is 5.93. The number of halogens is 1. The van der Waals surface area contributed by atoms with Gasteiger partial charge in [-0.25, -0.2) is 0 Å². The maximum Gasteiger partial charge on any atom is 0.193 e. The fourth-order valence-electron chi connectivity index (χ4n) is 3.21. The van der Waals surface area contributed by atoms with E-state index in [4.69, 9.17) is 4.74 Å². The smallest absolute Gasteiger partial charge is 0.193 e. The summed E-state index contributed by atoms with van der Waals surface area (Å²) in [6.07, 6.45) is 3.76. The van der Waals surface area contributed by atoms with Crippen molar-refractivity contribution in [3.63, 3.8) is 0 Å². The molecule has 1 atom stereocenters. The first-order chi connectivity index (χ1) is 11.7. The molecule has 1 aromatic rings. The Morgan fingerprint density at radius 2 is 2.12 bits per heavy atom. The molecule has 2 fully saturated rings. The third-order valence-electron chi connectivity index (χ3n) is 4.81. The summed E-state index contributed by atoms with van der Waals surface area (Å²) in [5.41, 5.74) is 0. The summed E-state index contributed by atoms with van der Waals surface area (Å²) >= 11 is 2.01. The van der Waals surface area contributed by atoms with Gasteiger partial charge in [0.15, 0.2) is 5.96 Å². The van der Waals surface area contributed by atoms with Crippen LogP contribution < -0.4 is 5.32 Å². The number of hydrogen-bond acceptors (Lipinski definition) is 3. The molecule has 1 saturated carbocycles. The molecule has 3 rings (SSSR count). The van der Waals surface area contributed by atoms with Gasteiger partial charge in [-0.3, -0.25) is 4.99 Å². The molecule has 1 aliphatic carbocycles. The standard InChI is InChI=1S/C19H29N3OS.HI/c1-3-23-14-16-9-12-22(13-16)18(20-2)21-15-19(10-11-19)24-17-7-5-4-6-8-17;/h4-8,16H,3,9-15H2,1-2H3,(H,20,21);1H. The number of guanidine groups is 1. The van der Waals surface area contributed by atoms with Crippen LogP contribution in [-0.4, -0.2) is 55.5 Å². The summed E-state index contributed by atoms with van der Waals surface area (Å²) in [6.45, 7) is 6.87. The van der Waals surface area contributed by atoms with E-state index in [9.17, 15) is 0 Å². The molecule has 6 heteroatoms. The maximum absolute atomic E-state index is 5.58. The molecule has 0 spiro atoms. The van der Waals surface area contributed by atoms with Crippen molar-refractivity contribution < 1.29 is 4.74 Å². The molecule has 1 saturated heterocycles. The summed E-state index contributed by atoms with van der Waals surface area (Å²) in [6, 6.07) is 10.7. The lowest BCUT2D eigenvalue weighted by atomic mass is 10.1. The number of rotatable bonds is 7. The number of nitrogens with zero attached hydrogens (tertiary/aromatic N) is 2. The van der Waals surface area contributed by atoms with Crippen molar-refractivity contribution in [1.29, 1.82) is 0 Å². The summed E-state index contributed by atoms with van der Waals surface area (Å²) in [5.74, 6) is 1.69. The molecule has 1 aliphatic heterocycles. The van der Waals surface area contributed by atoms with Crippen LogP contribution in [0.25, 0.3) is 0 Å². The minimum atomic E-state index is 0. The van der Waals surface area contributed by atoms with Gasteiger partial charge < -0.3 is 15.0 Å². The van der Waals surface area contributed by atoms with Crippen LogP contribution in [0, 0.1) is 5.92 Å². The van der Waals surface area contributed by atoms with Gasteiger partial charge in [-0.05, 0) is 38.3 Å². The van der Waals surface area contributed by atoms with Crippen molar-refractivity contribution in [1.82, 2.24) is 10.2 Å². The van der Waals surface area contributed by atoms with Crippen molar-refractivity contribution in [2.75, 3.05) is 39.9 Å². The molecule has 0 radical (unpaired) electrons. The highest BCUT2D eigenvalue weighted by Gasteiger charge is 2.44. The first-order valence-corrected chi connectivity index (χ1v) is 9.84. The maximum atomic E-state index is 5.58. The zero-order chi connectivity index (χ0) is 16.8. The van der Waals surface area contributed by atoms with Gasteiger partial charge in [0, 0.05) is 48.8 Å². The van der Waals surface area contributed by atoms with E-state index in [0.717, 1.165) is 38.8 Å². The highest BCUT2D eigenvalue weighted by Crippen LogP contribution is 2.51. The third-order valence-corrected chi connectivity index (χ3v) is 6.30. The lowest BCUT2D eigenvalue weighted by Crippen LogP contribution is -2.43. The number of thioether (sulfide) groups is 1. The minimum Gasteiger partial charge on any atom is -0.381 e. The number of nitrogens with one attached hydrogen (secondary N) is 1. The van der Waals surface area contributed by atoms with E-state index in [1.807, 2.05) is 18.8 Å². The summed E-state index contributed by atoms with van der Waals surface area (Å²) in [4.78, 5) is 8.25. The van der Waals surface area contributed by atoms with Crippen molar-refractivity contribution in [3.8, 4) is 0 Å². The fraction of sp³-hybridized carbons (Fsp3) is 0.632. The molecule has 0 aromatic heterocycles. The monoisotopic (exact) mass is 475 g/mol. The second-order valence-electron chi connectivity index (χ2n) is 6.76. The number of aliphatic imine (C=N–C) groups is 1. The van der Waals surface area contributed by atoms with Gasteiger partial charge in [0.05, 0.1) is 6.61 Å². The van der Waals surface area contributed by atoms with E-state index in [-0.39, 0.29) is 24.0 Å². The van der Waals surface area contributed by atoms with E-state index in [0.29, 0.717) is 10.7 Å².